The predicted octanol–water partition coefficient (Wildman–Crippen LogP) is 6.90. The number of hydrogen-bond acceptors (Lipinski definition) is 3. The van der Waals surface area contributed by atoms with Gasteiger partial charge < -0.3 is 4.74 Å². The number of ether oxygens (including phenoxy) is 1. The maximum Gasteiger partial charge on any atom is 0.213 e. The Morgan fingerprint density at radius 2 is 1.83 bits per heavy atom. The van der Waals surface area contributed by atoms with E-state index >= 15 is 0 Å². The van der Waals surface area contributed by atoms with Gasteiger partial charge in [0.15, 0.2) is 0 Å². The topological polar surface area (TPSA) is 24.8 Å². The van der Waals surface area contributed by atoms with Crippen LogP contribution in [0.3, 0.4) is 0 Å². The molecule has 0 bridgehead atoms. The number of fused-ring (bicyclic) bond motifs is 3. The molecule has 0 radical (unpaired) electrons. The van der Waals surface area contributed by atoms with Gasteiger partial charge in [0.05, 0.1) is 16.2 Å². The molecule has 3 nitrogen and oxygen atoms in total. The van der Waals surface area contributed by atoms with Gasteiger partial charge >= 0.3 is 0 Å². The van der Waals surface area contributed by atoms with Crippen LogP contribution in [0.2, 0.25) is 0 Å². The fourth-order valence-corrected chi connectivity index (χ4v) is 4.64. The van der Waals surface area contributed by atoms with Crippen molar-refractivity contribution in [2.24, 2.45) is 5.10 Å². The number of halogens is 3. The Kier molecular flexibility index (Phi) is 4.71. The third-order valence-corrected chi connectivity index (χ3v) is 6.47. The van der Waals surface area contributed by atoms with Gasteiger partial charge in [-0.2, -0.15) is 5.10 Å². The van der Waals surface area contributed by atoms with E-state index in [2.05, 4.69) is 69.1 Å². The molecule has 2 heterocycles. The lowest BCUT2D eigenvalue weighted by Crippen LogP contribution is -2.33. The Hall–Kier alpha value is -2.18. The molecule has 0 aliphatic carbocycles. The normalized spacial score (nSPS) is 20.0. The third-order valence-electron chi connectivity index (χ3n) is 5.37. The molecule has 0 aromatic heterocycles. The summed E-state index contributed by atoms with van der Waals surface area (Å²) in [4.78, 5) is 0. The molecular formula is C23H17Br2FN2O. The van der Waals surface area contributed by atoms with Gasteiger partial charge in [0.1, 0.15) is 11.6 Å². The average molecular weight is 516 g/mol. The van der Waals surface area contributed by atoms with Crippen LogP contribution < -0.4 is 4.74 Å². The molecule has 2 atom stereocenters. The van der Waals surface area contributed by atoms with Crippen molar-refractivity contribution in [3.8, 4) is 5.75 Å². The third kappa shape index (κ3) is 3.38. The highest BCUT2D eigenvalue weighted by Crippen LogP contribution is 2.48. The van der Waals surface area contributed by atoms with E-state index in [1.165, 1.54) is 11.6 Å². The molecule has 0 spiro atoms. The summed E-state index contributed by atoms with van der Waals surface area (Å²) in [6.07, 6.45) is 0.364. The van der Waals surface area contributed by atoms with Crippen molar-refractivity contribution in [1.82, 2.24) is 5.01 Å². The highest BCUT2D eigenvalue weighted by atomic mass is 79.9. The first kappa shape index (κ1) is 18.8. The SMILES string of the molecule is Cc1ccc(C2=NN3[C@H](C2)c2cc(Br)ccc2O[C@H]3c2ccc(F)c(Br)c2)cc1. The Morgan fingerprint density at radius 1 is 1.03 bits per heavy atom. The van der Waals surface area contributed by atoms with Gasteiger partial charge in [0.2, 0.25) is 6.23 Å². The first-order valence-electron chi connectivity index (χ1n) is 9.33. The molecule has 146 valence electrons. The van der Waals surface area contributed by atoms with E-state index in [1.54, 1.807) is 12.1 Å². The highest BCUT2D eigenvalue weighted by molar-refractivity contribution is 9.10. The Balaban J connectivity index is 1.61. The molecule has 0 saturated carbocycles. The van der Waals surface area contributed by atoms with Crippen molar-refractivity contribution < 1.29 is 9.13 Å². The molecule has 3 aromatic carbocycles. The molecule has 6 heteroatoms. The predicted molar refractivity (Wildman–Crippen MR) is 119 cm³/mol. The summed E-state index contributed by atoms with van der Waals surface area (Å²) in [5.74, 6) is 0.538. The monoisotopic (exact) mass is 514 g/mol. The Labute approximate surface area is 185 Å². The van der Waals surface area contributed by atoms with Gasteiger partial charge in [-0.1, -0.05) is 51.8 Å². The maximum absolute atomic E-state index is 13.8. The molecule has 0 N–H and O–H groups in total. The summed E-state index contributed by atoms with van der Waals surface area (Å²) in [6, 6.07) is 19.5. The first-order valence-corrected chi connectivity index (χ1v) is 10.9. The second-order valence-electron chi connectivity index (χ2n) is 7.34. The zero-order valence-corrected chi connectivity index (χ0v) is 18.7. The van der Waals surface area contributed by atoms with Crippen molar-refractivity contribution in [2.75, 3.05) is 0 Å². The summed E-state index contributed by atoms with van der Waals surface area (Å²) >= 11 is 6.86. The van der Waals surface area contributed by atoms with Gasteiger partial charge in [0, 0.05) is 22.0 Å². The smallest absolute Gasteiger partial charge is 0.213 e. The van der Waals surface area contributed by atoms with Crippen LogP contribution in [0.4, 0.5) is 4.39 Å². The van der Waals surface area contributed by atoms with Gasteiger partial charge in [-0.25, -0.2) is 9.40 Å². The Morgan fingerprint density at radius 3 is 2.59 bits per heavy atom. The lowest BCUT2D eigenvalue weighted by molar-refractivity contribution is -0.0191. The summed E-state index contributed by atoms with van der Waals surface area (Å²) in [6.45, 7) is 2.08. The summed E-state index contributed by atoms with van der Waals surface area (Å²) in [5, 5.41) is 6.95. The fraction of sp³-hybridized carbons (Fsp3) is 0.174. The molecule has 0 amide bonds. The first-order chi connectivity index (χ1) is 14.0. The summed E-state index contributed by atoms with van der Waals surface area (Å²) in [5.41, 5.74) is 5.31. The average Bonchev–Trinajstić information content (AvgIpc) is 3.16. The van der Waals surface area contributed by atoms with Crippen LogP contribution in [-0.2, 0) is 0 Å². The number of nitrogens with zero attached hydrogens (tertiary/aromatic N) is 2. The van der Waals surface area contributed by atoms with Crippen molar-refractivity contribution in [1.29, 1.82) is 0 Å². The molecule has 2 aliphatic heterocycles. The Bertz CT molecular complexity index is 1130. The molecule has 3 aromatic rings. The molecule has 0 saturated heterocycles. The van der Waals surface area contributed by atoms with E-state index in [0.29, 0.717) is 4.47 Å². The quantitative estimate of drug-likeness (QED) is 0.370. The van der Waals surface area contributed by atoms with E-state index in [-0.39, 0.29) is 11.9 Å². The van der Waals surface area contributed by atoms with Crippen molar-refractivity contribution in [3.05, 3.63) is 97.7 Å². The van der Waals surface area contributed by atoms with E-state index < -0.39 is 6.23 Å². The van der Waals surface area contributed by atoms with Crippen LogP contribution in [0.5, 0.6) is 5.75 Å². The number of rotatable bonds is 2. The van der Waals surface area contributed by atoms with E-state index in [4.69, 9.17) is 9.84 Å². The molecule has 2 aliphatic rings. The van der Waals surface area contributed by atoms with Gasteiger partial charge in [-0.15, -0.1) is 0 Å². The van der Waals surface area contributed by atoms with Crippen LogP contribution >= 0.6 is 31.9 Å². The second-order valence-corrected chi connectivity index (χ2v) is 9.11. The van der Waals surface area contributed by atoms with Crippen LogP contribution in [0.15, 0.2) is 74.7 Å². The van der Waals surface area contributed by atoms with Crippen molar-refractivity contribution in [2.45, 2.75) is 25.6 Å². The lowest BCUT2D eigenvalue weighted by atomic mass is 9.95. The van der Waals surface area contributed by atoms with E-state index in [0.717, 1.165) is 39.0 Å². The molecule has 0 fully saturated rings. The second kappa shape index (κ2) is 7.26. The minimum Gasteiger partial charge on any atom is -0.464 e. The van der Waals surface area contributed by atoms with E-state index in [9.17, 15) is 4.39 Å². The van der Waals surface area contributed by atoms with Crippen LogP contribution in [0.25, 0.3) is 0 Å². The molecule has 29 heavy (non-hydrogen) atoms. The summed E-state index contributed by atoms with van der Waals surface area (Å²) < 4.78 is 21.6. The van der Waals surface area contributed by atoms with Crippen LogP contribution in [0, 0.1) is 12.7 Å². The van der Waals surface area contributed by atoms with Crippen molar-refractivity contribution in [3.63, 3.8) is 0 Å². The van der Waals surface area contributed by atoms with Crippen molar-refractivity contribution >= 4 is 37.6 Å². The summed E-state index contributed by atoms with van der Waals surface area (Å²) in [7, 11) is 0. The zero-order valence-electron chi connectivity index (χ0n) is 15.6. The highest BCUT2D eigenvalue weighted by Gasteiger charge is 2.41. The molecular weight excluding hydrogens is 499 g/mol. The number of hydrogen-bond donors (Lipinski definition) is 0. The maximum atomic E-state index is 13.8. The van der Waals surface area contributed by atoms with Gasteiger partial charge in [-0.05, 0) is 58.7 Å². The minimum absolute atomic E-state index is 0.0568. The van der Waals surface area contributed by atoms with Crippen LogP contribution in [0.1, 0.15) is 40.9 Å². The largest absolute Gasteiger partial charge is 0.464 e. The standard InChI is InChI=1S/C23H17Br2FN2O/c1-13-2-4-14(5-3-13)20-12-21-17-11-16(24)7-9-22(17)29-23(28(21)27-20)15-6-8-19(26)18(25)10-15/h2-11,21,23H,12H2,1H3/t21-,23+/m1/s1. The number of hydrazone groups is 1. The zero-order chi connectivity index (χ0) is 20.1. The lowest BCUT2D eigenvalue weighted by Gasteiger charge is -2.38. The number of benzene rings is 3. The van der Waals surface area contributed by atoms with Gasteiger partial charge in [0.25, 0.3) is 0 Å². The van der Waals surface area contributed by atoms with Gasteiger partial charge in [-0.3, -0.25) is 0 Å². The fourth-order valence-electron chi connectivity index (χ4n) is 3.86. The van der Waals surface area contributed by atoms with Crippen LogP contribution in [-0.4, -0.2) is 10.7 Å². The molecule has 5 rings (SSSR count). The number of aryl methyl sites for hydroxylation is 1. The minimum atomic E-state index is -0.423. The van der Waals surface area contributed by atoms with E-state index in [1.807, 2.05) is 17.1 Å². The molecule has 0 unspecified atom stereocenters.